The van der Waals surface area contributed by atoms with Crippen LogP contribution in [0, 0.1) is 0 Å². The number of aromatic nitrogens is 1. The molecule has 0 unspecified atom stereocenters. The van der Waals surface area contributed by atoms with Crippen LogP contribution in [0.2, 0.25) is 0 Å². The van der Waals surface area contributed by atoms with Gasteiger partial charge in [-0.2, -0.15) is 0 Å². The van der Waals surface area contributed by atoms with Crippen molar-refractivity contribution in [3.63, 3.8) is 0 Å². The maximum atomic E-state index is 12.0. The van der Waals surface area contributed by atoms with Crippen molar-refractivity contribution >= 4 is 25.8 Å². The minimum absolute atomic E-state index is 0.0239. The molecule has 1 aliphatic carbocycles. The van der Waals surface area contributed by atoms with Gasteiger partial charge in [0.25, 0.3) is 0 Å². The van der Waals surface area contributed by atoms with E-state index in [2.05, 4.69) is 20.9 Å². The van der Waals surface area contributed by atoms with Crippen LogP contribution < -0.4 is 4.74 Å². The summed E-state index contributed by atoms with van der Waals surface area (Å²) >= 11 is 3.22. The predicted molar refractivity (Wildman–Crippen MR) is 69.5 cm³/mol. The summed E-state index contributed by atoms with van der Waals surface area (Å²) in [6, 6.07) is 1.50. The molecule has 0 bridgehead atoms. The quantitative estimate of drug-likeness (QED) is 0.793. The molecule has 0 N–H and O–H groups in total. The maximum Gasteiger partial charge on any atom is 0.227 e. The van der Waals surface area contributed by atoms with Gasteiger partial charge in [-0.05, 0) is 34.8 Å². The highest BCUT2D eigenvalue weighted by Crippen LogP contribution is 2.26. The Kier molecular flexibility index (Phi) is 4.24. The molecule has 0 aromatic carbocycles. The first-order chi connectivity index (χ1) is 8.53. The number of halogens is 1. The average molecular weight is 336 g/mol. The highest BCUT2D eigenvalue weighted by Gasteiger charge is 2.23. The van der Waals surface area contributed by atoms with E-state index in [1.807, 2.05) is 0 Å². The Hall–Kier alpha value is -0.660. The van der Waals surface area contributed by atoms with Gasteiger partial charge in [-0.1, -0.05) is 0 Å². The fourth-order valence-corrected chi connectivity index (χ4v) is 3.13. The number of hydrogen-bond acceptors (Lipinski definition) is 5. The summed E-state index contributed by atoms with van der Waals surface area (Å²) in [4.78, 5) is 4.10. The molecule has 0 amide bonds. The van der Waals surface area contributed by atoms with Gasteiger partial charge in [0.2, 0.25) is 5.88 Å². The Labute approximate surface area is 115 Å². The second-order valence-corrected chi connectivity index (χ2v) is 7.01. The molecule has 0 saturated heterocycles. The van der Waals surface area contributed by atoms with Crippen LogP contribution in [-0.2, 0) is 14.6 Å². The van der Waals surface area contributed by atoms with E-state index in [0.29, 0.717) is 10.4 Å². The molecular weight excluding hydrogens is 322 g/mol. The second-order valence-electron chi connectivity index (χ2n) is 4.05. The Bertz CT molecular complexity index is 528. The fourth-order valence-electron chi connectivity index (χ4n) is 1.41. The number of sulfone groups is 1. The van der Waals surface area contributed by atoms with Crippen molar-refractivity contribution < 1.29 is 17.9 Å². The average Bonchev–Trinajstić information content (AvgIpc) is 3.12. The summed E-state index contributed by atoms with van der Waals surface area (Å²) in [6.45, 7) is 0.233. The smallest absolute Gasteiger partial charge is 0.227 e. The minimum Gasteiger partial charge on any atom is -0.480 e. The predicted octanol–water partition coefficient (Wildman–Crippen LogP) is 1.81. The van der Waals surface area contributed by atoms with Gasteiger partial charge in [0.15, 0.2) is 9.84 Å². The largest absolute Gasteiger partial charge is 0.480 e. The monoisotopic (exact) mass is 335 g/mol. The number of nitrogens with zero attached hydrogens (tertiary/aromatic N) is 1. The minimum atomic E-state index is -3.35. The van der Waals surface area contributed by atoms with Gasteiger partial charge in [-0.25, -0.2) is 13.4 Å². The molecule has 7 heteroatoms. The molecule has 1 aliphatic rings. The lowest BCUT2D eigenvalue weighted by molar-refractivity contribution is 0.134. The summed E-state index contributed by atoms with van der Waals surface area (Å²) < 4.78 is 34.8. The van der Waals surface area contributed by atoms with E-state index in [1.54, 1.807) is 0 Å². The van der Waals surface area contributed by atoms with Gasteiger partial charge >= 0.3 is 0 Å². The lowest BCUT2D eigenvalue weighted by Crippen LogP contribution is -2.13. The van der Waals surface area contributed by atoms with Crippen LogP contribution >= 0.6 is 15.9 Å². The Balaban J connectivity index is 2.05. The van der Waals surface area contributed by atoms with Crippen LogP contribution in [0.15, 0.2) is 21.6 Å². The molecule has 1 aromatic rings. The Morgan fingerprint density at radius 3 is 2.78 bits per heavy atom. The molecule has 1 fully saturated rings. The number of methoxy groups -OCH3 is 1. The van der Waals surface area contributed by atoms with Crippen molar-refractivity contribution in [2.45, 2.75) is 23.8 Å². The summed E-state index contributed by atoms with van der Waals surface area (Å²) in [7, 11) is -1.87. The van der Waals surface area contributed by atoms with Crippen molar-refractivity contribution in [2.24, 2.45) is 0 Å². The molecular formula is C11H14BrNO4S. The first-order valence-corrected chi connectivity index (χ1v) is 8.01. The first-order valence-electron chi connectivity index (χ1n) is 5.57. The van der Waals surface area contributed by atoms with E-state index < -0.39 is 9.84 Å². The van der Waals surface area contributed by atoms with Crippen molar-refractivity contribution in [2.75, 3.05) is 19.5 Å². The fraction of sp³-hybridized carbons (Fsp3) is 0.545. The van der Waals surface area contributed by atoms with E-state index in [1.165, 1.54) is 19.4 Å². The van der Waals surface area contributed by atoms with E-state index in [9.17, 15) is 8.42 Å². The van der Waals surface area contributed by atoms with E-state index in [0.717, 1.165) is 12.8 Å². The number of pyridine rings is 1. The van der Waals surface area contributed by atoms with Crippen LogP contribution in [0.5, 0.6) is 5.88 Å². The van der Waals surface area contributed by atoms with Gasteiger partial charge in [0.05, 0.1) is 34.9 Å². The number of ether oxygens (including phenoxy) is 2. The Morgan fingerprint density at radius 2 is 2.22 bits per heavy atom. The number of rotatable bonds is 6. The topological polar surface area (TPSA) is 65.5 Å². The lowest BCUT2D eigenvalue weighted by Gasteiger charge is -2.07. The summed E-state index contributed by atoms with van der Waals surface area (Å²) in [5, 5.41) is 0. The van der Waals surface area contributed by atoms with Crippen molar-refractivity contribution in [1.29, 1.82) is 0 Å². The van der Waals surface area contributed by atoms with Gasteiger partial charge in [-0.3, -0.25) is 0 Å². The molecule has 2 rings (SSSR count). The van der Waals surface area contributed by atoms with Crippen LogP contribution in [-0.4, -0.2) is 39.0 Å². The van der Waals surface area contributed by atoms with Gasteiger partial charge in [0.1, 0.15) is 0 Å². The zero-order valence-corrected chi connectivity index (χ0v) is 12.3. The third kappa shape index (κ3) is 3.43. The molecule has 1 saturated carbocycles. The maximum absolute atomic E-state index is 12.0. The third-order valence-electron chi connectivity index (χ3n) is 2.56. The molecule has 18 heavy (non-hydrogen) atoms. The van der Waals surface area contributed by atoms with E-state index in [4.69, 9.17) is 9.47 Å². The highest BCUT2D eigenvalue weighted by molar-refractivity contribution is 9.10. The standard InChI is InChI=1S/C11H14BrNO4S/c1-16-11-10(12)6-9(7-13-11)18(14,15)5-4-17-8-2-3-8/h6-8H,2-5H2,1H3. The van der Waals surface area contributed by atoms with E-state index in [-0.39, 0.29) is 23.4 Å². The lowest BCUT2D eigenvalue weighted by atomic mass is 10.5. The summed E-state index contributed by atoms with van der Waals surface area (Å²) in [5.74, 6) is 0.340. The first kappa shape index (κ1) is 13.8. The molecule has 5 nitrogen and oxygen atoms in total. The Morgan fingerprint density at radius 1 is 1.50 bits per heavy atom. The molecule has 1 heterocycles. The molecule has 0 radical (unpaired) electrons. The van der Waals surface area contributed by atoms with Crippen molar-refractivity contribution in [3.05, 3.63) is 16.7 Å². The van der Waals surface area contributed by atoms with Crippen LogP contribution in [0.4, 0.5) is 0 Å². The SMILES string of the molecule is COc1ncc(S(=O)(=O)CCOC2CC2)cc1Br. The van der Waals surface area contributed by atoms with Gasteiger partial charge in [0, 0.05) is 6.20 Å². The number of hydrogen-bond donors (Lipinski definition) is 0. The molecule has 1 aromatic heterocycles. The van der Waals surface area contributed by atoms with Crippen LogP contribution in [0.3, 0.4) is 0 Å². The molecule has 100 valence electrons. The van der Waals surface area contributed by atoms with Gasteiger partial charge in [-0.15, -0.1) is 0 Å². The molecule has 0 atom stereocenters. The normalized spacial score (nSPS) is 15.7. The van der Waals surface area contributed by atoms with Gasteiger partial charge < -0.3 is 9.47 Å². The molecule has 0 aliphatic heterocycles. The van der Waals surface area contributed by atoms with Crippen molar-refractivity contribution in [3.8, 4) is 5.88 Å². The van der Waals surface area contributed by atoms with Crippen LogP contribution in [0.25, 0.3) is 0 Å². The highest BCUT2D eigenvalue weighted by atomic mass is 79.9. The summed E-state index contributed by atoms with van der Waals surface area (Å²) in [5.41, 5.74) is 0. The van der Waals surface area contributed by atoms with Crippen molar-refractivity contribution in [1.82, 2.24) is 4.98 Å². The zero-order chi connectivity index (χ0) is 13.2. The zero-order valence-electron chi connectivity index (χ0n) is 9.93. The van der Waals surface area contributed by atoms with E-state index >= 15 is 0 Å². The molecule has 0 spiro atoms. The van der Waals surface area contributed by atoms with Crippen LogP contribution in [0.1, 0.15) is 12.8 Å². The summed E-state index contributed by atoms with van der Waals surface area (Å²) in [6.07, 6.45) is 3.64. The second kappa shape index (κ2) is 5.54. The third-order valence-corrected chi connectivity index (χ3v) is 4.78.